The van der Waals surface area contributed by atoms with Crippen LogP contribution in [0.4, 0.5) is 0 Å². The van der Waals surface area contributed by atoms with Crippen LogP contribution >= 0.6 is 0 Å². The van der Waals surface area contributed by atoms with Crippen LogP contribution in [0.1, 0.15) is 41.3 Å². The van der Waals surface area contributed by atoms with Crippen LogP contribution in [0.15, 0.2) is 42.7 Å². The van der Waals surface area contributed by atoms with Crippen LogP contribution in [0.2, 0.25) is 0 Å². The molecule has 0 bridgehead atoms. The molecule has 20 heavy (non-hydrogen) atoms. The van der Waals surface area contributed by atoms with Gasteiger partial charge in [0.2, 0.25) is 0 Å². The van der Waals surface area contributed by atoms with Crippen molar-refractivity contribution in [3.63, 3.8) is 0 Å². The summed E-state index contributed by atoms with van der Waals surface area (Å²) in [4.78, 5) is 16.7. The van der Waals surface area contributed by atoms with E-state index in [1.165, 1.54) is 0 Å². The normalized spacial score (nSPS) is 14.1. The average molecular weight is 267 g/mol. The van der Waals surface area contributed by atoms with Crippen LogP contribution < -0.4 is 4.74 Å². The van der Waals surface area contributed by atoms with E-state index in [-0.39, 0.29) is 5.78 Å². The van der Waals surface area contributed by atoms with E-state index < -0.39 is 0 Å². The molecule has 0 N–H and O–H groups in total. The van der Waals surface area contributed by atoms with Crippen molar-refractivity contribution in [2.24, 2.45) is 0 Å². The van der Waals surface area contributed by atoms with Crippen molar-refractivity contribution in [3.05, 3.63) is 59.4 Å². The Morgan fingerprint density at radius 2 is 2.20 bits per heavy atom. The second-order valence-corrected chi connectivity index (χ2v) is 5.06. The van der Waals surface area contributed by atoms with E-state index in [2.05, 4.69) is 4.98 Å². The minimum atomic E-state index is 0.0329. The topological polar surface area (TPSA) is 39.2 Å². The van der Waals surface area contributed by atoms with Gasteiger partial charge in [-0.15, -0.1) is 0 Å². The Bertz CT molecular complexity index is 632. The van der Waals surface area contributed by atoms with Gasteiger partial charge >= 0.3 is 0 Å². The van der Waals surface area contributed by atoms with Gasteiger partial charge in [0.05, 0.1) is 6.10 Å². The zero-order valence-corrected chi connectivity index (χ0v) is 11.5. The lowest BCUT2D eigenvalue weighted by molar-refractivity contribution is 0.103. The molecule has 1 heterocycles. The highest BCUT2D eigenvalue weighted by atomic mass is 16.5. The van der Waals surface area contributed by atoms with Crippen LogP contribution in [-0.4, -0.2) is 16.9 Å². The Balaban J connectivity index is 1.89. The van der Waals surface area contributed by atoms with Crippen molar-refractivity contribution < 1.29 is 9.53 Å². The Labute approximate surface area is 118 Å². The quantitative estimate of drug-likeness (QED) is 0.779. The smallest absolute Gasteiger partial charge is 0.193 e. The number of aryl methyl sites for hydroxylation is 1. The molecule has 1 aliphatic rings. The Morgan fingerprint density at radius 3 is 2.95 bits per heavy atom. The summed E-state index contributed by atoms with van der Waals surface area (Å²) in [5.74, 6) is 0.816. The van der Waals surface area contributed by atoms with Gasteiger partial charge in [-0.3, -0.25) is 9.78 Å². The van der Waals surface area contributed by atoms with Gasteiger partial charge in [-0.05, 0) is 43.0 Å². The zero-order chi connectivity index (χ0) is 13.9. The molecular formula is C17H17NO2. The van der Waals surface area contributed by atoms with Gasteiger partial charge in [0.15, 0.2) is 5.78 Å². The molecule has 3 nitrogen and oxygen atoms in total. The standard InChI is InChI=1S/C17H17NO2/c1-2-12-11-18-9-8-16(12)17(19)13-4-3-5-15(10-13)20-14-6-7-14/h3-5,8-11,14H,2,6-7H2,1H3. The first-order chi connectivity index (χ1) is 9.78. The Kier molecular flexibility index (Phi) is 3.50. The molecule has 0 amide bonds. The van der Waals surface area contributed by atoms with Crippen LogP contribution in [0.25, 0.3) is 0 Å². The highest BCUT2D eigenvalue weighted by Gasteiger charge is 2.23. The second-order valence-electron chi connectivity index (χ2n) is 5.06. The van der Waals surface area contributed by atoms with E-state index in [1.54, 1.807) is 18.5 Å². The maximum Gasteiger partial charge on any atom is 0.193 e. The van der Waals surface area contributed by atoms with Gasteiger partial charge in [0, 0.05) is 23.5 Å². The van der Waals surface area contributed by atoms with E-state index >= 15 is 0 Å². The molecular weight excluding hydrogens is 250 g/mol. The summed E-state index contributed by atoms with van der Waals surface area (Å²) < 4.78 is 5.74. The predicted molar refractivity (Wildman–Crippen MR) is 77.1 cm³/mol. The number of nitrogens with zero attached hydrogens (tertiary/aromatic N) is 1. The molecule has 0 spiro atoms. The number of aromatic nitrogens is 1. The summed E-state index contributed by atoms with van der Waals surface area (Å²) in [6.45, 7) is 2.03. The molecule has 1 aliphatic carbocycles. The van der Waals surface area contributed by atoms with Crippen LogP contribution in [-0.2, 0) is 6.42 Å². The zero-order valence-electron chi connectivity index (χ0n) is 11.5. The maximum absolute atomic E-state index is 12.6. The lowest BCUT2D eigenvalue weighted by Gasteiger charge is -2.08. The van der Waals surface area contributed by atoms with E-state index in [4.69, 9.17) is 4.74 Å². The highest BCUT2D eigenvalue weighted by molar-refractivity contribution is 6.10. The van der Waals surface area contributed by atoms with E-state index in [1.807, 2.05) is 31.2 Å². The summed E-state index contributed by atoms with van der Waals surface area (Å²) in [6, 6.07) is 9.23. The van der Waals surface area contributed by atoms with Gasteiger partial charge in [-0.25, -0.2) is 0 Å². The number of hydrogen-bond acceptors (Lipinski definition) is 3. The molecule has 1 aromatic carbocycles. The van der Waals surface area contributed by atoms with Gasteiger partial charge in [-0.1, -0.05) is 19.1 Å². The minimum Gasteiger partial charge on any atom is -0.490 e. The Hall–Kier alpha value is -2.16. The first kappa shape index (κ1) is 12.9. The van der Waals surface area contributed by atoms with Crippen LogP contribution in [0.5, 0.6) is 5.75 Å². The summed E-state index contributed by atoms with van der Waals surface area (Å²) in [6.07, 6.45) is 6.79. The first-order valence-electron chi connectivity index (χ1n) is 7.02. The molecule has 0 radical (unpaired) electrons. The second kappa shape index (κ2) is 5.45. The maximum atomic E-state index is 12.6. The lowest BCUT2D eigenvalue weighted by Crippen LogP contribution is -2.06. The van der Waals surface area contributed by atoms with Crippen molar-refractivity contribution in [1.82, 2.24) is 4.98 Å². The highest BCUT2D eigenvalue weighted by Crippen LogP contribution is 2.27. The largest absolute Gasteiger partial charge is 0.490 e. The number of benzene rings is 1. The molecule has 0 atom stereocenters. The number of ether oxygens (including phenoxy) is 1. The third kappa shape index (κ3) is 2.72. The molecule has 2 aromatic rings. The predicted octanol–water partition coefficient (Wildman–Crippen LogP) is 3.42. The van der Waals surface area contributed by atoms with Crippen molar-refractivity contribution in [2.45, 2.75) is 32.3 Å². The molecule has 0 unspecified atom stereocenters. The SMILES string of the molecule is CCc1cnccc1C(=O)c1cccc(OC2CC2)c1. The number of ketones is 1. The lowest BCUT2D eigenvalue weighted by atomic mass is 9.99. The number of carbonyl (C=O) groups excluding carboxylic acids is 1. The summed E-state index contributed by atoms with van der Waals surface area (Å²) in [7, 11) is 0. The molecule has 3 rings (SSSR count). The van der Waals surface area contributed by atoms with E-state index in [9.17, 15) is 4.79 Å². The molecule has 1 aromatic heterocycles. The summed E-state index contributed by atoms with van der Waals surface area (Å²) in [5, 5.41) is 0. The van der Waals surface area contributed by atoms with Crippen molar-refractivity contribution in [3.8, 4) is 5.75 Å². The molecule has 1 saturated carbocycles. The summed E-state index contributed by atoms with van der Waals surface area (Å²) >= 11 is 0. The van der Waals surface area contributed by atoms with Gasteiger partial charge in [0.25, 0.3) is 0 Å². The summed E-state index contributed by atoms with van der Waals surface area (Å²) in [5.41, 5.74) is 2.38. The van der Waals surface area contributed by atoms with Gasteiger partial charge < -0.3 is 4.74 Å². The number of pyridine rings is 1. The third-order valence-electron chi connectivity index (χ3n) is 3.45. The van der Waals surface area contributed by atoms with Crippen LogP contribution in [0.3, 0.4) is 0 Å². The van der Waals surface area contributed by atoms with Crippen molar-refractivity contribution >= 4 is 5.78 Å². The average Bonchev–Trinajstić information content (AvgIpc) is 3.30. The monoisotopic (exact) mass is 267 g/mol. The van der Waals surface area contributed by atoms with Gasteiger partial charge in [0.1, 0.15) is 5.75 Å². The fourth-order valence-electron chi connectivity index (χ4n) is 2.17. The third-order valence-corrected chi connectivity index (χ3v) is 3.45. The molecule has 0 saturated heterocycles. The fourth-order valence-corrected chi connectivity index (χ4v) is 2.17. The minimum absolute atomic E-state index is 0.0329. The molecule has 3 heteroatoms. The molecule has 0 aliphatic heterocycles. The van der Waals surface area contributed by atoms with Crippen LogP contribution in [0, 0.1) is 0 Å². The fraction of sp³-hybridized carbons (Fsp3) is 0.294. The first-order valence-corrected chi connectivity index (χ1v) is 7.02. The van der Waals surface area contributed by atoms with Crippen molar-refractivity contribution in [2.75, 3.05) is 0 Å². The Morgan fingerprint density at radius 1 is 1.35 bits per heavy atom. The number of hydrogen-bond donors (Lipinski definition) is 0. The van der Waals surface area contributed by atoms with Crippen molar-refractivity contribution in [1.29, 1.82) is 0 Å². The van der Waals surface area contributed by atoms with E-state index in [0.717, 1.165) is 36.1 Å². The van der Waals surface area contributed by atoms with Gasteiger partial charge in [-0.2, -0.15) is 0 Å². The number of rotatable bonds is 5. The molecule has 102 valence electrons. The number of carbonyl (C=O) groups is 1. The van der Waals surface area contributed by atoms with E-state index in [0.29, 0.717) is 11.7 Å². The molecule has 1 fully saturated rings.